The maximum absolute atomic E-state index is 10.3. The minimum absolute atomic E-state index is 0.529. The second-order valence-corrected chi connectivity index (χ2v) is 4.27. The van der Waals surface area contributed by atoms with E-state index in [0.29, 0.717) is 6.54 Å². The van der Waals surface area contributed by atoms with Crippen molar-refractivity contribution in [1.82, 2.24) is 14.8 Å². The van der Waals surface area contributed by atoms with Gasteiger partial charge in [0.05, 0.1) is 12.1 Å². The van der Waals surface area contributed by atoms with Gasteiger partial charge in [-0.05, 0) is 12.8 Å². The van der Waals surface area contributed by atoms with Gasteiger partial charge in [-0.25, -0.2) is 0 Å². The Hall–Kier alpha value is -0.900. The Kier molecular flexibility index (Phi) is 2.82. The van der Waals surface area contributed by atoms with Crippen molar-refractivity contribution < 1.29 is 5.11 Å². The molecule has 0 spiro atoms. The molecule has 0 aliphatic heterocycles. The topological polar surface area (TPSA) is 50.9 Å². The molecule has 1 fully saturated rings. The van der Waals surface area contributed by atoms with E-state index in [1.54, 1.807) is 12.7 Å². The fraction of sp³-hybridized carbons (Fsp3) is 0.800. The maximum Gasteiger partial charge on any atom is 0.119 e. The summed E-state index contributed by atoms with van der Waals surface area (Å²) in [6.07, 6.45) is 9.94. The lowest BCUT2D eigenvalue weighted by atomic mass is 9.94. The van der Waals surface area contributed by atoms with Crippen LogP contribution in [0.3, 0.4) is 0 Å². The average molecular weight is 195 g/mol. The summed E-state index contributed by atoms with van der Waals surface area (Å²) in [6.45, 7) is 0.639. The molecule has 78 valence electrons. The predicted octanol–water partition coefficient (Wildman–Crippen LogP) is 1.36. The van der Waals surface area contributed by atoms with Gasteiger partial charge in [-0.1, -0.05) is 25.7 Å². The number of aliphatic hydroxyl groups is 1. The van der Waals surface area contributed by atoms with E-state index < -0.39 is 5.60 Å². The Balaban J connectivity index is 1.99. The molecule has 4 nitrogen and oxygen atoms in total. The predicted molar refractivity (Wildman–Crippen MR) is 52.7 cm³/mol. The first-order chi connectivity index (χ1) is 6.79. The van der Waals surface area contributed by atoms with Crippen molar-refractivity contribution in [2.45, 2.75) is 50.7 Å². The van der Waals surface area contributed by atoms with Crippen LogP contribution in [-0.4, -0.2) is 25.5 Å². The van der Waals surface area contributed by atoms with Gasteiger partial charge in [0.2, 0.25) is 0 Å². The molecule has 1 aromatic heterocycles. The third-order valence-corrected chi connectivity index (χ3v) is 2.98. The van der Waals surface area contributed by atoms with Crippen LogP contribution >= 0.6 is 0 Å². The molecular formula is C10H17N3O. The van der Waals surface area contributed by atoms with E-state index in [9.17, 15) is 5.11 Å². The highest BCUT2D eigenvalue weighted by Gasteiger charge is 2.28. The highest BCUT2D eigenvalue weighted by molar-refractivity contribution is 4.82. The zero-order chi connectivity index (χ0) is 9.86. The van der Waals surface area contributed by atoms with E-state index in [-0.39, 0.29) is 0 Å². The monoisotopic (exact) mass is 195 g/mol. The second kappa shape index (κ2) is 4.09. The number of hydrogen-bond acceptors (Lipinski definition) is 3. The summed E-state index contributed by atoms with van der Waals surface area (Å²) in [7, 11) is 0. The Morgan fingerprint density at radius 3 is 2.21 bits per heavy atom. The van der Waals surface area contributed by atoms with Crippen LogP contribution in [-0.2, 0) is 6.54 Å². The smallest absolute Gasteiger partial charge is 0.119 e. The highest BCUT2D eigenvalue weighted by atomic mass is 16.3. The third-order valence-electron chi connectivity index (χ3n) is 2.98. The van der Waals surface area contributed by atoms with E-state index in [4.69, 9.17) is 0 Å². The van der Waals surface area contributed by atoms with E-state index in [1.807, 2.05) is 4.57 Å². The molecule has 1 aliphatic carbocycles. The minimum Gasteiger partial charge on any atom is -0.388 e. The summed E-state index contributed by atoms with van der Waals surface area (Å²) in [5.74, 6) is 0. The van der Waals surface area contributed by atoms with Crippen LogP contribution in [0.4, 0.5) is 0 Å². The molecule has 0 atom stereocenters. The van der Waals surface area contributed by atoms with Gasteiger partial charge in [0.25, 0.3) is 0 Å². The molecule has 1 aliphatic rings. The van der Waals surface area contributed by atoms with Gasteiger partial charge < -0.3 is 9.67 Å². The van der Waals surface area contributed by atoms with Gasteiger partial charge in [0.15, 0.2) is 0 Å². The standard InChI is InChI=1S/C10H17N3O/c14-10(5-3-1-2-4-6-10)7-13-8-11-12-9-13/h8-9,14H,1-7H2. The van der Waals surface area contributed by atoms with Crippen molar-refractivity contribution >= 4 is 0 Å². The summed E-state index contributed by atoms with van der Waals surface area (Å²) in [5.41, 5.74) is -0.529. The van der Waals surface area contributed by atoms with Gasteiger partial charge in [-0.3, -0.25) is 0 Å². The first-order valence-corrected chi connectivity index (χ1v) is 5.33. The van der Waals surface area contributed by atoms with E-state index in [2.05, 4.69) is 10.2 Å². The summed E-state index contributed by atoms with van der Waals surface area (Å²) < 4.78 is 1.87. The van der Waals surface area contributed by atoms with Crippen LogP contribution in [0.25, 0.3) is 0 Å². The fourth-order valence-electron chi connectivity index (χ4n) is 2.19. The lowest BCUT2D eigenvalue weighted by Crippen LogP contribution is -2.33. The molecule has 14 heavy (non-hydrogen) atoms. The molecule has 0 bridgehead atoms. The molecule has 0 unspecified atom stereocenters. The molecule has 0 amide bonds. The second-order valence-electron chi connectivity index (χ2n) is 4.27. The lowest BCUT2D eigenvalue weighted by molar-refractivity contribution is 0.00795. The largest absolute Gasteiger partial charge is 0.388 e. The highest BCUT2D eigenvalue weighted by Crippen LogP contribution is 2.28. The zero-order valence-corrected chi connectivity index (χ0v) is 8.39. The van der Waals surface area contributed by atoms with Crippen molar-refractivity contribution in [2.75, 3.05) is 0 Å². The summed E-state index contributed by atoms with van der Waals surface area (Å²) in [6, 6.07) is 0. The van der Waals surface area contributed by atoms with Crippen LogP contribution in [0.15, 0.2) is 12.7 Å². The summed E-state index contributed by atoms with van der Waals surface area (Å²) in [5, 5.41) is 17.8. The van der Waals surface area contributed by atoms with Crippen LogP contribution in [0.2, 0.25) is 0 Å². The molecule has 2 rings (SSSR count). The first-order valence-electron chi connectivity index (χ1n) is 5.33. The molecule has 1 saturated carbocycles. The van der Waals surface area contributed by atoms with Gasteiger partial charge in [0, 0.05) is 0 Å². The molecule has 1 aromatic rings. The summed E-state index contributed by atoms with van der Waals surface area (Å²) >= 11 is 0. The van der Waals surface area contributed by atoms with E-state index in [0.717, 1.165) is 25.7 Å². The number of rotatable bonds is 2. The molecular weight excluding hydrogens is 178 g/mol. The number of nitrogens with zero attached hydrogens (tertiary/aromatic N) is 3. The first kappa shape index (κ1) is 9.65. The molecule has 4 heteroatoms. The van der Waals surface area contributed by atoms with Crippen LogP contribution < -0.4 is 0 Å². The third kappa shape index (κ3) is 2.32. The molecule has 0 radical (unpaired) electrons. The van der Waals surface area contributed by atoms with Crippen LogP contribution in [0.5, 0.6) is 0 Å². The Morgan fingerprint density at radius 2 is 1.64 bits per heavy atom. The quantitative estimate of drug-likeness (QED) is 0.725. The van der Waals surface area contributed by atoms with E-state index in [1.165, 1.54) is 12.8 Å². The van der Waals surface area contributed by atoms with Crippen molar-refractivity contribution in [3.05, 3.63) is 12.7 Å². The van der Waals surface area contributed by atoms with Gasteiger partial charge in [-0.15, -0.1) is 10.2 Å². The Labute approximate surface area is 84.0 Å². The van der Waals surface area contributed by atoms with Crippen LogP contribution in [0.1, 0.15) is 38.5 Å². The minimum atomic E-state index is -0.529. The SMILES string of the molecule is OC1(Cn2cnnc2)CCCCCC1. The molecule has 1 heterocycles. The van der Waals surface area contributed by atoms with E-state index >= 15 is 0 Å². The van der Waals surface area contributed by atoms with Crippen molar-refractivity contribution in [2.24, 2.45) is 0 Å². The van der Waals surface area contributed by atoms with Crippen molar-refractivity contribution in [3.8, 4) is 0 Å². The Morgan fingerprint density at radius 1 is 1.07 bits per heavy atom. The van der Waals surface area contributed by atoms with Gasteiger partial charge in [-0.2, -0.15) is 0 Å². The number of hydrogen-bond donors (Lipinski definition) is 1. The fourth-order valence-corrected chi connectivity index (χ4v) is 2.19. The summed E-state index contributed by atoms with van der Waals surface area (Å²) in [4.78, 5) is 0. The zero-order valence-electron chi connectivity index (χ0n) is 8.39. The molecule has 1 N–H and O–H groups in total. The average Bonchev–Trinajstić information content (AvgIpc) is 2.55. The maximum atomic E-state index is 10.3. The van der Waals surface area contributed by atoms with Gasteiger partial charge in [0.1, 0.15) is 12.7 Å². The normalized spacial score (nSPS) is 21.8. The molecule has 0 saturated heterocycles. The molecule has 0 aromatic carbocycles. The van der Waals surface area contributed by atoms with Crippen molar-refractivity contribution in [3.63, 3.8) is 0 Å². The number of aromatic nitrogens is 3. The Bertz CT molecular complexity index is 263. The van der Waals surface area contributed by atoms with Gasteiger partial charge >= 0.3 is 0 Å². The van der Waals surface area contributed by atoms with Crippen LogP contribution in [0, 0.1) is 0 Å². The lowest BCUT2D eigenvalue weighted by Gasteiger charge is -2.26. The van der Waals surface area contributed by atoms with Crippen molar-refractivity contribution in [1.29, 1.82) is 0 Å².